The van der Waals surface area contributed by atoms with Crippen LogP contribution in [0.2, 0.25) is 0 Å². The monoisotopic (exact) mass is 260 g/mol. The fourth-order valence-electron chi connectivity index (χ4n) is 2.59. The molecule has 3 heteroatoms. The lowest BCUT2D eigenvalue weighted by atomic mass is 9.97. The third kappa shape index (κ3) is 3.57. The molecule has 1 aliphatic rings. The fraction of sp³-hybridized carbons (Fsp3) is 0.562. The van der Waals surface area contributed by atoms with Crippen LogP contribution in [0.1, 0.15) is 28.7 Å². The van der Waals surface area contributed by atoms with Gasteiger partial charge < -0.3 is 10.6 Å². The van der Waals surface area contributed by atoms with Crippen LogP contribution in [0.15, 0.2) is 12.1 Å². The number of hydrogen-bond acceptors (Lipinski definition) is 2. The lowest BCUT2D eigenvalue weighted by molar-refractivity contribution is -0.120. The van der Waals surface area contributed by atoms with Gasteiger partial charge in [-0.1, -0.05) is 12.1 Å². The molecule has 2 N–H and O–H groups in total. The van der Waals surface area contributed by atoms with Gasteiger partial charge >= 0.3 is 0 Å². The van der Waals surface area contributed by atoms with Crippen molar-refractivity contribution in [3.8, 4) is 0 Å². The van der Waals surface area contributed by atoms with Gasteiger partial charge in [-0.3, -0.25) is 4.79 Å². The summed E-state index contributed by atoms with van der Waals surface area (Å²) < 4.78 is 0. The van der Waals surface area contributed by atoms with E-state index < -0.39 is 0 Å². The Balaban J connectivity index is 1.89. The van der Waals surface area contributed by atoms with Crippen LogP contribution in [-0.4, -0.2) is 25.5 Å². The molecule has 0 aromatic heterocycles. The number of aryl methyl sites for hydroxylation is 1. The first-order valence-corrected chi connectivity index (χ1v) is 7.11. The lowest BCUT2D eigenvalue weighted by Gasteiger charge is -2.13. The van der Waals surface area contributed by atoms with E-state index in [9.17, 15) is 4.79 Å². The fourth-order valence-corrected chi connectivity index (χ4v) is 2.59. The van der Waals surface area contributed by atoms with Crippen molar-refractivity contribution in [2.75, 3.05) is 19.6 Å². The van der Waals surface area contributed by atoms with E-state index in [1.54, 1.807) is 0 Å². The number of amides is 1. The second-order valence-corrected chi connectivity index (χ2v) is 5.63. The van der Waals surface area contributed by atoms with Crippen LogP contribution in [0.4, 0.5) is 0 Å². The smallest absolute Gasteiger partial charge is 0.224 e. The first-order valence-electron chi connectivity index (χ1n) is 7.11. The highest BCUT2D eigenvalue weighted by atomic mass is 16.1. The summed E-state index contributed by atoms with van der Waals surface area (Å²) in [6.07, 6.45) is 1.66. The van der Waals surface area contributed by atoms with Gasteiger partial charge in [0.1, 0.15) is 0 Å². The summed E-state index contributed by atoms with van der Waals surface area (Å²) in [6.45, 7) is 9.25. The normalized spacial score (nSPS) is 18.6. The first-order chi connectivity index (χ1) is 9.08. The highest BCUT2D eigenvalue weighted by molar-refractivity contribution is 5.79. The molecular formula is C16H24N2O. The summed E-state index contributed by atoms with van der Waals surface area (Å²) in [6, 6.07) is 4.18. The number of carbonyl (C=O) groups is 1. The van der Waals surface area contributed by atoms with Crippen molar-refractivity contribution in [3.63, 3.8) is 0 Å². The van der Waals surface area contributed by atoms with Crippen molar-refractivity contribution >= 4 is 5.91 Å². The molecule has 0 aliphatic carbocycles. The molecule has 3 nitrogen and oxygen atoms in total. The van der Waals surface area contributed by atoms with Crippen LogP contribution < -0.4 is 10.6 Å². The molecule has 0 saturated carbocycles. The summed E-state index contributed by atoms with van der Waals surface area (Å²) in [4.78, 5) is 12.0. The molecule has 1 amide bonds. The molecule has 1 saturated heterocycles. The molecule has 1 heterocycles. The Kier molecular flexibility index (Phi) is 4.59. The minimum atomic E-state index is 0.137. The molecule has 0 bridgehead atoms. The molecule has 1 fully saturated rings. The Bertz CT molecular complexity index is 462. The van der Waals surface area contributed by atoms with E-state index in [-0.39, 0.29) is 5.91 Å². The van der Waals surface area contributed by atoms with E-state index in [1.807, 2.05) is 0 Å². The average Bonchev–Trinajstić information content (AvgIpc) is 2.90. The van der Waals surface area contributed by atoms with Gasteiger partial charge in [-0.2, -0.15) is 0 Å². The van der Waals surface area contributed by atoms with E-state index >= 15 is 0 Å². The minimum absolute atomic E-state index is 0.137. The third-order valence-electron chi connectivity index (χ3n) is 4.27. The molecule has 1 aliphatic heterocycles. The van der Waals surface area contributed by atoms with Crippen molar-refractivity contribution in [2.45, 2.75) is 33.6 Å². The molecule has 1 aromatic rings. The quantitative estimate of drug-likeness (QED) is 0.868. The maximum Gasteiger partial charge on any atom is 0.224 e. The lowest BCUT2D eigenvalue weighted by Crippen LogP contribution is -2.31. The summed E-state index contributed by atoms with van der Waals surface area (Å²) in [5, 5.41) is 6.37. The van der Waals surface area contributed by atoms with E-state index in [4.69, 9.17) is 0 Å². The topological polar surface area (TPSA) is 41.1 Å². The van der Waals surface area contributed by atoms with Gasteiger partial charge in [0, 0.05) is 6.54 Å². The van der Waals surface area contributed by atoms with Gasteiger partial charge in [0.2, 0.25) is 5.91 Å². The Hall–Kier alpha value is -1.35. The van der Waals surface area contributed by atoms with Crippen molar-refractivity contribution in [3.05, 3.63) is 34.4 Å². The van der Waals surface area contributed by atoms with Crippen molar-refractivity contribution < 1.29 is 4.79 Å². The van der Waals surface area contributed by atoms with Gasteiger partial charge in [0.05, 0.1) is 6.42 Å². The number of rotatable bonds is 4. The summed E-state index contributed by atoms with van der Waals surface area (Å²) >= 11 is 0. The maximum atomic E-state index is 12.0. The van der Waals surface area contributed by atoms with Gasteiger partial charge in [-0.05, 0) is 68.5 Å². The molecule has 1 unspecified atom stereocenters. The second-order valence-electron chi connectivity index (χ2n) is 5.63. The van der Waals surface area contributed by atoms with Crippen LogP contribution in [0, 0.1) is 26.7 Å². The zero-order valence-electron chi connectivity index (χ0n) is 12.2. The molecule has 0 spiro atoms. The highest BCUT2D eigenvalue weighted by Crippen LogP contribution is 2.17. The minimum Gasteiger partial charge on any atom is -0.355 e. The molecule has 104 valence electrons. The number of hydrogen-bond donors (Lipinski definition) is 2. The Labute approximate surface area is 115 Å². The molecule has 2 rings (SSSR count). The van der Waals surface area contributed by atoms with Crippen molar-refractivity contribution in [1.29, 1.82) is 0 Å². The van der Waals surface area contributed by atoms with Crippen molar-refractivity contribution in [2.24, 2.45) is 5.92 Å². The molecule has 19 heavy (non-hydrogen) atoms. The SMILES string of the molecule is Cc1ccc(CC(=O)NCC2CCNC2)c(C)c1C. The Morgan fingerprint density at radius 2 is 2.11 bits per heavy atom. The van der Waals surface area contributed by atoms with Gasteiger partial charge in [0.15, 0.2) is 0 Å². The molecule has 0 radical (unpaired) electrons. The second kappa shape index (κ2) is 6.20. The van der Waals surface area contributed by atoms with Gasteiger partial charge in [-0.15, -0.1) is 0 Å². The molecular weight excluding hydrogens is 236 g/mol. The van der Waals surface area contributed by atoms with E-state index in [1.165, 1.54) is 23.1 Å². The number of benzene rings is 1. The zero-order chi connectivity index (χ0) is 13.8. The summed E-state index contributed by atoms with van der Waals surface area (Å²) in [5.74, 6) is 0.739. The van der Waals surface area contributed by atoms with E-state index in [2.05, 4.69) is 43.5 Å². The predicted octanol–water partition coefficient (Wildman–Crippen LogP) is 1.88. The maximum absolute atomic E-state index is 12.0. The van der Waals surface area contributed by atoms with Crippen molar-refractivity contribution in [1.82, 2.24) is 10.6 Å². The Morgan fingerprint density at radius 3 is 2.79 bits per heavy atom. The van der Waals surface area contributed by atoms with Gasteiger partial charge in [0.25, 0.3) is 0 Å². The number of carbonyl (C=O) groups excluding carboxylic acids is 1. The van der Waals surface area contributed by atoms with E-state index in [0.29, 0.717) is 12.3 Å². The molecule has 1 atom stereocenters. The highest BCUT2D eigenvalue weighted by Gasteiger charge is 2.15. The summed E-state index contributed by atoms with van der Waals surface area (Å²) in [7, 11) is 0. The summed E-state index contributed by atoms with van der Waals surface area (Å²) in [5.41, 5.74) is 4.98. The van der Waals surface area contributed by atoms with Crippen LogP contribution in [0.25, 0.3) is 0 Å². The van der Waals surface area contributed by atoms with Crippen LogP contribution in [0.5, 0.6) is 0 Å². The standard InChI is InChI=1S/C16H24N2O/c1-11-4-5-15(13(3)12(11)2)8-16(19)18-10-14-6-7-17-9-14/h4-5,14,17H,6-10H2,1-3H3,(H,18,19). The average molecular weight is 260 g/mol. The first kappa shape index (κ1) is 14.1. The van der Waals surface area contributed by atoms with Crippen LogP contribution in [0.3, 0.4) is 0 Å². The van der Waals surface area contributed by atoms with Crippen LogP contribution in [-0.2, 0) is 11.2 Å². The molecule has 1 aromatic carbocycles. The Morgan fingerprint density at radius 1 is 1.32 bits per heavy atom. The zero-order valence-corrected chi connectivity index (χ0v) is 12.2. The predicted molar refractivity (Wildman–Crippen MR) is 78.3 cm³/mol. The largest absolute Gasteiger partial charge is 0.355 e. The third-order valence-corrected chi connectivity index (χ3v) is 4.27. The van der Waals surface area contributed by atoms with Gasteiger partial charge in [-0.25, -0.2) is 0 Å². The van der Waals surface area contributed by atoms with Crippen LogP contribution >= 0.6 is 0 Å². The van der Waals surface area contributed by atoms with E-state index in [0.717, 1.165) is 25.2 Å². The number of nitrogens with one attached hydrogen (secondary N) is 2.